The van der Waals surface area contributed by atoms with E-state index < -0.39 is 11.7 Å². The molecule has 3 aliphatic rings. The number of fused-ring (bicyclic) bond motifs is 2. The molecule has 2 N–H and O–H groups in total. The summed E-state index contributed by atoms with van der Waals surface area (Å²) in [7, 11) is 0. The molecule has 3 fully saturated rings. The number of aliphatic hydroxyl groups is 2. The van der Waals surface area contributed by atoms with E-state index in [1.54, 1.807) is 0 Å². The first-order valence-corrected chi connectivity index (χ1v) is 9.38. The van der Waals surface area contributed by atoms with E-state index in [1.807, 2.05) is 0 Å². The third-order valence-corrected chi connectivity index (χ3v) is 6.47. The highest BCUT2D eigenvalue weighted by Crippen LogP contribution is 2.62. The highest BCUT2D eigenvalue weighted by molar-refractivity contribution is 5.14. The van der Waals surface area contributed by atoms with Gasteiger partial charge in [0.25, 0.3) is 0 Å². The van der Waals surface area contributed by atoms with Crippen LogP contribution in [0.2, 0.25) is 0 Å². The topological polar surface area (TPSA) is 49.7 Å². The number of ether oxygens (including phenoxy) is 1. The lowest BCUT2D eigenvalue weighted by atomic mass is 9.43. The van der Waals surface area contributed by atoms with Gasteiger partial charge in [0.05, 0.1) is 18.8 Å². The molecule has 3 heteroatoms. The van der Waals surface area contributed by atoms with Crippen molar-refractivity contribution in [1.82, 2.24) is 0 Å². The van der Waals surface area contributed by atoms with E-state index in [2.05, 4.69) is 27.7 Å². The van der Waals surface area contributed by atoms with Gasteiger partial charge in [0.1, 0.15) is 5.60 Å². The molecule has 3 aliphatic carbocycles. The quantitative estimate of drug-likeness (QED) is 0.678. The van der Waals surface area contributed by atoms with Gasteiger partial charge in [0, 0.05) is 0 Å². The van der Waals surface area contributed by atoms with Crippen LogP contribution in [-0.4, -0.2) is 34.6 Å². The summed E-state index contributed by atoms with van der Waals surface area (Å²) in [6, 6.07) is 0. The lowest BCUT2D eigenvalue weighted by molar-refractivity contribution is -0.273. The maximum atomic E-state index is 11.1. The second-order valence-corrected chi connectivity index (χ2v) is 8.27. The first-order chi connectivity index (χ1) is 10.4. The van der Waals surface area contributed by atoms with Gasteiger partial charge in [-0.3, -0.25) is 0 Å². The van der Waals surface area contributed by atoms with E-state index in [0.717, 1.165) is 25.7 Å². The van der Waals surface area contributed by atoms with Crippen molar-refractivity contribution in [2.75, 3.05) is 6.61 Å². The molecule has 0 saturated heterocycles. The monoisotopic (exact) mass is 312 g/mol. The molecule has 0 amide bonds. The zero-order valence-corrected chi connectivity index (χ0v) is 15.0. The predicted octanol–water partition coefficient (Wildman–Crippen LogP) is 3.91. The Hall–Kier alpha value is -0.120. The molecular formula is C19H36O3. The molecule has 3 rings (SSSR count). The maximum absolute atomic E-state index is 11.1. The van der Waals surface area contributed by atoms with Crippen LogP contribution in [-0.2, 0) is 4.74 Å². The molecule has 0 aromatic rings. The van der Waals surface area contributed by atoms with E-state index in [1.165, 1.54) is 25.7 Å². The largest absolute Gasteiger partial charge is 0.390 e. The van der Waals surface area contributed by atoms with Crippen LogP contribution in [0, 0.1) is 17.3 Å². The Kier molecular flexibility index (Phi) is 5.95. The average Bonchev–Trinajstić information content (AvgIpc) is 2.48. The number of rotatable bonds is 9. The minimum Gasteiger partial charge on any atom is -0.390 e. The lowest BCUT2D eigenvalue weighted by Gasteiger charge is -2.64. The molecule has 3 nitrogen and oxygen atoms in total. The van der Waals surface area contributed by atoms with Crippen LogP contribution in [0.5, 0.6) is 0 Å². The van der Waals surface area contributed by atoms with Crippen molar-refractivity contribution in [2.24, 2.45) is 17.3 Å². The Morgan fingerprint density at radius 1 is 1.09 bits per heavy atom. The van der Waals surface area contributed by atoms with Gasteiger partial charge in [0.2, 0.25) is 0 Å². The molecule has 3 saturated carbocycles. The number of aliphatic hydroxyl groups excluding tert-OH is 1. The van der Waals surface area contributed by atoms with Crippen molar-refractivity contribution >= 4 is 0 Å². The van der Waals surface area contributed by atoms with Gasteiger partial charge in [0.15, 0.2) is 0 Å². The fourth-order valence-corrected chi connectivity index (χ4v) is 4.59. The fourth-order valence-electron chi connectivity index (χ4n) is 4.59. The molecule has 4 atom stereocenters. The van der Waals surface area contributed by atoms with E-state index in [4.69, 9.17) is 4.74 Å². The first-order valence-electron chi connectivity index (χ1n) is 9.38. The van der Waals surface area contributed by atoms with Crippen molar-refractivity contribution in [3.63, 3.8) is 0 Å². The second-order valence-electron chi connectivity index (χ2n) is 8.27. The summed E-state index contributed by atoms with van der Waals surface area (Å²) < 4.78 is 6.14. The average molecular weight is 312 g/mol. The highest BCUT2D eigenvalue weighted by Gasteiger charge is 2.64. The summed E-state index contributed by atoms with van der Waals surface area (Å²) in [4.78, 5) is 0. The van der Waals surface area contributed by atoms with Crippen molar-refractivity contribution in [2.45, 2.75) is 96.9 Å². The lowest BCUT2D eigenvalue weighted by Crippen LogP contribution is -2.69. The molecule has 0 heterocycles. The Balaban J connectivity index is 1.94. The van der Waals surface area contributed by atoms with Crippen LogP contribution in [0.25, 0.3) is 0 Å². The van der Waals surface area contributed by atoms with Crippen LogP contribution in [0.4, 0.5) is 0 Å². The standard InChI is InChI=1S/C19H36O3/c1-5-7-9-15(10-8-6-2)22-13-19(21)16-11-14(12-17(19)20)18(16,3)4/h14-17,20-21H,5-13H2,1-4H3/t14-,16-,17+,19-/m1/s1. The summed E-state index contributed by atoms with van der Waals surface area (Å²) >= 11 is 0. The van der Waals surface area contributed by atoms with Crippen molar-refractivity contribution in [1.29, 1.82) is 0 Å². The summed E-state index contributed by atoms with van der Waals surface area (Å²) in [6.07, 6.45) is 8.21. The zero-order valence-electron chi connectivity index (χ0n) is 15.0. The van der Waals surface area contributed by atoms with Crippen LogP contribution < -0.4 is 0 Å². The number of unbranched alkanes of at least 4 members (excludes halogenated alkanes) is 2. The van der Waals surface area contributed by atoms with Crippen molar-refractivity contribution < 1.29 is 14.9 Å². The van der Waals surface area contributed by atoms with Crippen molar-refractivity contribution in [3.8, 4) is 0 Å². The van der Waals surface area contributed by atoms with Gasteiger partial charge in [-0.2, -0.15) is 0 Å². The molecule has 0 radical (unpaired) electrons. The first kappa shape index (κ1) is 18.2. The highest BCUT2D eigenvalue weighted by atomic mass is 16.5. The molecule has 0 aliphatic heterocycles. The summed E-state index contributed by atoms with van der Waals surface area (Å²) in [5.41, 5.74) is -0.908. The summed E-state index contributed by atoms with van der Waals surface area (Å²) in [5, 5.41) is 21.5. The predicted molar refractivity (Wildman–Crippen MR) is 89.7 cm³/mol. The number of hydrogen-bond acceptors (Lipinski definition) is 3. The molecule has 0 aromatic carbocycles. The van der Waals surface area contributed by atoms with Crippen LogP contribution in [0.3, 0.4) is 0 Å². The van der Waals surface area contributed by atoms with Gasteiger partial charge in [-0.15, -0.1) is 0 Å². The summed E-state index contributed by atoms with van der Waals surface area (Å²) in [5.74, 6) is 0.732. The van der Waals surface area contributed by atoms with Gasteiger partial charge in [-0.05, 0) is 42.9 Å². The smallest absolute Gasteiger partial charge is 0.117 e. The molecule has 0 aromatic heterocycles. The van der Waals surface area contributed by atoms with E-state index >= 15 is 0 Å². The van der Waals surface area contributed by atoms with Crippen LogP contribution in [0.1, 0.15) is 79.1 Å². The van der Waals surface area contributed by atoms with E-state index in [0.29, 0.717) is 12.5 Å². The normalized spacial score (nSPS) is 36.4. The molecule has 2 bridgehead atoms. The van der Waals surface area contributed by atoms with Crippen molar-refractivity contribution in [3.05, 3.63) is 0 Å². The zero-order chi connectivity index (χ0) is 16.4. The molecule has 22 heavy (non-hydrogen) atoms. The van der Waals surface area contributed by atoms with Gasteiger partial charge in [-0.1, -0.05) is 53.4 Å². The second kappa shape index (κ2) is 7.19. The van der Waals surface area contributed by atoms with Crippen LogP contribution >= 0.6 is 0 Å². The fraction of sp³-hybridized carbons (Fsp3) is 1.00. The maximum Gasteiger partial charge on any atom is 0.117 e. The molecule has 0 spiro atoms. The Morgan fingerprint density at radius 3 is 2.18 bits per heavy atom. The molecule has 130 valence electrons. The third-order valence-electron chi connectivity index (χ3n) is 6.47. The Bertz CT molecular complexity index is 347. The summed E-state index contributed by atoms with van der Waals surface area (Å²) in [6.45, 7) is 9.16. The van der Waals surface area contributed by atoms with Gasteiger partial charge < -0.3 is 14.9 Å². The third kappa shape index (κ3) is 3.37. The van der Waals surface area contributed by atoms with E-state index in [9.17, 15) is 10.2 Å². The van der Waals surface area contributed by atoms with Gasteiger partial charge in [-0.25, -0.2) is 0 Å². The Morgan fingerprint density at radius 2 is 1.68 bits per heavy atom. The molecular weight excluding hydrogens is 276 g/mol. The van der Waals surface area contributed by atoms with E-state index in [-0.39, 0.29) is 17.4 Å². The Labute approximate surface area is 136 Å². The van der Waals surface area contributed by atoms with Gasteiger partial charge >= 0.3 is 0 Å². The number of hydrogen-bond donors (Lipinski definition) is 2. The van der Waals surface area contributed by atoms with Crippen LogP contribution in [0.15, 0.2) is 0 Å². The minimum absolute atomic E-state index is 0.139. The SMILES string of the molecule is CCCCC(CCCC)OC[C@@]1(O)[C@@H]2C[C@H](C[C@@H]1O)C2(C)C. The minimum atomic E-state index is -1.05. The molecule has 0 unspecified atom stereocenters.